The number of benzene rings is 1. The maximum Gasteiger partial charge on any atom is 0.321 e. The molecule has 0 aliphatic carbocycles. The molecule has 1 aromatic rings. The molecule has 1 fully saturated rings. The normalized spacial score (nSPS) is 16.5. The zero-order chi connectivity index (χ0) is 17.9. The molecule has 2 N–H and O–H groups in total. The van der Waals surface area contributed by atoms with E-state index in [-0.39, 0.29) is 12.1 Å². The van der Waals surface area contributed by atoms with Crippen LogP contribution in [0.5, 0.6) is 0 Å². The third-order valence-electron chi connectivity index (χ3n) is 3.90. The molecule has 0 radical (unpaired) electrons. The van der Waals surface area contributed by atoms with Crippen molar-refractivity contribution in [1.29, 1.82) is 0 Å². The predicted octanol–water partition coefficient (Wildman–Crippen LogP) is 3.32. The Kier molecular flexibility index (Phi) is 6.36. The lowest BCUT2D eigenvalue weighted by atomic mass is 10.1. The van der Waals surface area contributed by atoms with Crippen LogP contribution >= 0.6 is 23.2 Å². The molecule has 24 heavy (non-hydrogen) atoms. The molecule has 0 spiro atoms. The van der Waals surface area contributed by atoms with Crippen molar-refractivity contribution in [3.63, 3.8) is 0 Å². The van der Waals surface area contributed by atoms with Gasteiger partial charge in [-0.2, -0.15) is 0 Å². The number of nitrogens with one attached hydrogen (secondary N) is 2. The Morgan fingerprint density at radius 3 is 2.38 bits per heavy atom. The third kappa shape index (κ3) is 4.99. The van der Waals surface area contributed by atoms with Crippen LogP contribution in [0.1, 0.15) is 26.7 Å². The van der Waals surface area contributed by atoms with Crippen molar-refractivity contribution < 1.29 is 13.2 Å². The van der Waals surface area contributed by atoms with Crippen LogP contribution in [0.15, 0.2) is 18.2 Å². The molecular weight excluding hydrogens is 373 g/mol. The van der Waals surface area contributed by atoms with E-state index in [4.69, 9.17) is 23.2 Å². The topological polar surface area (TPSA) is 78.5 Å². The fourth-order valence-corrected chi connectivity index (χ4v) is 3.62. The first-order chi connectivity index (χ1) is 11.2. The molecule has 0 atom stereocenters. The highest BCUT2D eigenvalue weighted by Gasteiger charge is 2.27. The second kappa shape index (κ2) is 7.91. The number of hydrogen-bond acceptors (Lipinski definition) is 3. The first-order valence-corrected chi connectivity index (χ1v) is 10.0. The van der Waals surface area contributed by atoms with Gasteiger partial charge >= 0.3 is 6.03 Å². The molecule has 0 bridgehead atoms. The van der Waals surface area contributed by atoms with E-state index < -0.39 is 15.3 Å². The molecule has 0 saturated carbocycles. The number of amides is 2. The Morgan fingerprint density at radius 1 is 1.21 bits per heavy atom. The Hall–Kier alpha value is -1.02. The number of carbonyl (C=O) groups is 1. The lowest BCUT2D eigenvalue weighted by molar-refractivity contribution is 0.193. The number of nitrogens with zero attached hydrogens (tertiary/aromatic N) is 1. The summed E-state index contributed by atoms with van der Waals surface area (Å²) in [5, 5.41) is 3.10. The summed E-state index contributed by atoms with van der Waals surface area (Å²) in [6.45, 7) is 4.25. The van der Waals surface area contributed by atoms with Crippen molar-refractivity contribution in [3.8, 4) is 0 Å². The Labute approximate surface area is 152 Å². The lowest BCUT2D eigenvalue weighted by Crippen LogP contribution is -2.48. The molecule has 2 amide bonds. The maximum absolute atomic E-state index is 12.3. The molecule has 1 aliphatic rings. The summed E-state index contributed by atoms with van der Waals surface area (Å²) < 4.78 is 26.5. The van der Waals surface area contributed by atoms with Gasteiger partial charge < -0.3 is 10.2 Å². The summed E-state index contributed by atoms with van der Waals surface area (Å²) in [6.07, 6.45) is 1.17. The monoisotopic (exact) mass is 393 g/mol. The van der Waals surface area contributed by atoms with Gasteiger partial charge in [-0.3, -0.25) is 0 Å². The van der Waals surface area contributed by atoms with E-state index in [0.717, 1.165) is 0 Å². The molecule has 1 aliphatic heterocycles. The van der Waals surface area contributed by atoms with Gasteiger partial charge in [0, 0.05) is 24.8 Å². The number of sulfonamides is 1. The van der Waals surface area contributed by atoms with Crippen molar-refractivity contribution in [2.24, 2.45) is 0 Å². The van der Waals surface area contributed by atoms with Gasteiger partial charge in [0.1, 0.15) is 0 Å². The van der Waals surface area contributed by atoms with E-state index in [1.165, 1.54) is 0 Å². The van der Waals surface area contributed by atoms with Crippen LogP contribution in [0.2, 0.25) is 10.0 Å². The zero-order valence-corrected chi connectivity index (χ0v) is 15.9. The smallest absolute Gasteiger partial charge is 0.321 e. The van der Waals surface area contributed by atoms with Crippen LogP contribution in [0, 0.1) is 0 Å². The third-order valence-corrected chi connectivity index (χ3v) is 6.55. The average Bonchev–Trinajstić information content (AvgIpc) is 2.51. The maximum atomic E-state index is 12.3. The molecular formula is C15H21Cl2N3O3S. The van der Waals surface area contributed by atoms with E-state index in [1.807, 2.05) is 0 Å². The number of carbonyl (C=O) groups excluding carboxylic acids is 1. The van der Waals surface area contributed by atoms with Crippen molar-refractivity contribution in [3.05, 3.63) is 28.2 Å². The summed E-state index contributed by atoms with van der Waals surface area (Å²) in [6, 6.07) is 4.51. The first kappa shape index (κ1) is 19.3. The Morgan fingerprint density at radius 2 is 1.83 bits per heavy atom. The quantitative estimate of drug-likeness (QED) is 0.823. The molecule has 9 heteroatoms. The first-order valence-electron chi connectivity index (χ1n) is 7.71. The number of likely N-dealkylation sites (tertiary alicyclic amines) is 1. The zero-order valence-electron chi connectivity index (χ0n) is 13.6. The highest BCUT2D eigenvalue weighted by atomic mass is 35.5. The number of urea groups is 1. The van der Waals surface area contributed by atoms with Gasteiger partial charge in [0.15, 0.2) is 0 Å². The van der Waals surface area contributed by atoms with Crippen LogP contribution in [-0.2, 0) is 10.0 Å². The van der Waals surface area contributed by atoms with Crippen LogP contribution in [0.4, 0.5) is 10.5 Å². The van der Waals surface area contributed by atoms with Crippen molar-refractivity contribution in [1.82, 2.24) is 9.62 Å². The van der Waals surface area contributed by atoms with Crippen molar-refractivity contribution in [2.45, 2.75) is 38.0 Å². The highest BCUT2D eigenvalue weighted by Crippen LogP contribution is 2.25. The SMILES string of the molecule is CC(C)S(=O)(=O)NC1CCN(C(=O)Nc2ccc(Cl)c(Cl)c2)CC1. The standard InChI is InChI=1S/C15H21Cl2N3O3S/c1-10(2)24(22,23)19-11-5-7-20(8-6-11)15(21)18-12-3-4-13(16)14(17)9-12/h3-4,9-11,19H,5-8H2,1-2H3,(H,18,21). The molecule has 1 heterocycles. The van der Waals surface area contributed by atoms with Gasteiger partial charge in [0.25, 0.3) is 0 Å². The van der Waals surface area contributed by atoms with Crippen molar-refractivity contribution >= 4 is 44.9 Å². The lowest BCUT2D eigenvalue weighted by Gasteiger charge is -2.32. The Balaban J connectivity index is 1.87. The second-order valence-electron chi connectivity index (χ2n) is 6.03. The van der Waals surface area contributed by atoms with Crippen molar-refractivity contribution in [2.75, 3.05) is 18.4 Å². The highest BCUT2D eigenvalue weighted by molar-refractivity contribution is 7.90. The molecule has 0 aromatic heterocycles. The van der Waals surface area contributed by atoms with Gasteiger partial charge in [0.2, 0.25) is 10.0 Å². The van der Waals surface area contributed by atoms with E-state index in [0.29, 0.717) is 41.7 Å². The van der Waals surface area contributed by atoms with E-state index in [9.17, 15) is 13.2 Å². The molecule has 0 unspecified atom stereocenters. The Bertz CT molecular complexity index is 702. The summed E-state index contributed by atoms with van der Waals surface area (Å²) in [5.74, 6) is 0. The van der Waals surface area contributed by atoms with E-state index >= 15 is 0 Å². The molecule has 134 valence electrons. The molecule has 1 aromatic carbocycles. The van der Waals surface area contributed by atoms with Crippen LogP contribution in [-0.4, -0.2) is 43.7 Å². The van der Waals surface area contributed by atoms with Gasteiger partial charge in [-0.05, 0) is 44.9 Å². The average molecular weight is 394 g/mol. The van der Waals surface area contributed by atoms with Gasteiger partial charge in [-0.15, -0.1) is 0 Å². The molecule has 1 saturated heterocycles. The number of anilines is 1. The second-order valence-corrected chi connectivity index (χ2v) is 9.11. The molecule has 2 rings (SSSR count). The minimum absolute atomic E-state index is 0.133. The largest absolute Gasteiger partial charge is 0.324 e. The minimum atomic E-state index is -3.29. The van der Waals surface area contributed by atoms with Gasteiger partial charge in [-0.1, -0.05) is 23.2 Å². The van der Waals surface area contributed by atoms with Crippen LogP contribution in [0.3, 0.4) is 0 Å². The summed E-state index contributed by atoms with van der Waals surface area (Å²) in [4.78, 5) is 13.9. The van der Waals surface area contributed by atoms with Gasteiger partial charge in [-0.25, -0.2) is 17.9 Å². The van der Waals surface area contributed by atoms with Crippen LogP contribution < -0.4 is 10.0 Å². The number of rotatable bonds is 4. The van der Waals surface area contributed by atoms with Crippen LogP contribution in [0.25, 0.3) is 0 Å². The van der Waals surface area contributed by atoms with E-state index in [2.05, 4.69) is 10.0 Å². The fraction of sp³-hybridized carbons (Fsp3) is 0.533. The fourth-order valence-electron chi connectivity index (χ4n) is 2.35. The number of halogens is 2. The summed E-state index contributed by atoms with van der Waals surface area (Å²) in [7, 11) is -3.29. The predicted molar refractivity (Wildman–Crippen MR) is 97.3 cm³/mol. The number of piperidine rings is 1. The summed E-state index contributed by atoms with van der Waals surface area (Å²) >= 11 is 11.8. The minimum Gasteiger partial charge on any atom is -0.324 e. The summed E-state index contributed by atoms with van der Waals surface area (Å²) in [5.41, 5.74) is 0.567. The van der Waals surface area contributed by atoms with E-state index in [1.54, 1.807) is 36.9 Å². The van der Waals surface area contributed by atoms with Gasteiger partial charge in [0.05, 0.1) is 15.3 Å². The number of hydrogen-bond donors (Lipinski definition) is 2. The molecule has 6 nitrogen and oxygen atoms in total.